The Bertz CT molecular complexity index is 511. The zero-order valence-corrected chi connectivity index (χ0v) is 12.0. The van der Waals surface area contributed by atoms with Crippen molar-refractivity contribution in [2.45, 2.75) is 12.8 Å². The number of carbonyl (C=O) groups excluding carboxylic acids is 1. The van der Waals surface area contributed by atoms with Crippen LogP contribution in [0.5, 0.6) is 0 Å². The third-order valence-corrected chi connectivity index (χ3v) is 3.35. The van der Waals surface area contributed by atoms with Crippen molar-refractivity contribution in [3.63, 3.8) is 0 Å². The third-order valence-electron chi connectivity index (χ3n) is 3.35. The molecule has 0 radical (unpaired) electrons. The standard InChI is InChI=1S/C14H20N4O3/c1-18(6-7-21-9-10-2-3-10)14(19)12-5-4-11(8-16-12)13(15)17-20/h4-5,8,10,20H,2-3,6-7,9H2,1H3,(H2,15,17). The van der Waals surface area contributed by atoms with Gasteiger partial charge in [0.25, 0.3) is 5.91 Å². The number of oxime groups is 1. The molecule has 1 fully saturated rings. The maximum atomic E-state index is 12.1. The summed E-state index contributed by atoms with van der Waals surface area (Å²) in [5.41, 5.74) is 6.22. The lowest BCUT2D eigenvalue weighted by Crippen LogP contribution is -2.31. The topological polar surface area (TPSA) is 101 Å². The normalized spacial score (nSPS) is 15.0. The maximum absolute atomic E-state index is 12.1. The molecule has 1 amide bonds. The zero-order chi connectivity index (χ0) is 15.2. The summed E-state index contributed by atoms with van der Waals surface area (Å²) in [6.45, 7) is 1.84. The van der Waals surface area contributed by atoms with Gasteiger partial charge in [0.1, 0.15) is 5.69 Å². The average Bonchev–Trinajstić information content (AvgIpc) is 3.34. The SMILES string of the molecule is CN(CCOCC1CC1)C(=O)c1ccc(/C(N)=N/O)cn1. The van der Waals surface area contributed by atoms with Gasteiger partial charge in [0.2, 0.25) is 0 Å². The Morgan fingerprint density at radius 1 is 1.57 bits per heavy atom. The van der Waals surface area contributed by atoms with Crippen LogP contribution < -0.4 is 5.73 Å². The summed E-state index contributed by atoms with van der Waals surface area (Å²) in [5, 5.41) is 11.4. The van der Waals surface area contributed by atoms with E-state index in [4.69, 9.17) is 15.7 Å². The van der Waals surface area contributed by atoms with Crippen molar-refractivity contribution in [2.24, 2.45) is 16.8 Å². The molecule has 0 atom stereocenters. The molecule has 1 aliphatic rings. The molecule has 1 heterocycles. The van der Waals surface area contributed by atoms with Crippen molar-refractivity contribution in [3.05, 3.63) is 29.6 Å². The number of hydrogen-bond donors (Lipinski definition) is 2. The molecule has 0 aliphatic heterocycles. The Balaban J connectivity index is 1.82. The number of nitrogens with zero attached hydrogens (tertiary/aromatic N) is 3. The van der Waals surface area contributed by atoms with E-state index in [1.165, 1.54) is 19.0 Å². The monoisotopic (exact) mass is 292 g/mol. The van der Waals surface area contributed by atoms with Crippen molar-refractivity contribution >= 4 is 11.7 Å². The van der Waals surface area contributed by atoms with Crippen molar-refractivity contribution in [3.8, 4) is 0 Å². The van der Waals surface area contributed by atoms with Gasteiger partial charge in [-0.05, 0) is 30.9 Å². The summed E-state index contributed by atoms with van der Waals surface area (Å²) in [4.78, 5) is 17.7. The van der Waals surface area contributed by atoms with Gasteiger partial charge in [-0.25, -0.2) is 0 Å². The summed E-state index contributed by atoms with van der Waals surface area (Å²) in [7, 11) is 1.71. The van der Waals surface area contributed by atoms with Crippen LogP contribution in [0.2, 0.25) is 0 Å². The quantitative estimate of drug-likeness (QED) is 0.253. The van der Waals surface area contributed by atoms with Crippen LogP contribution in [0.15, 0.2) is 23.5 Å². The van der Waals surface area contributed by atoms with Gasteiger partial charge >= 0.3 is 0 Å². The lowest BCUT2D eigenvalue weighted by Gasteiger charge is -2.16. The fourth-order valence-electron chi connectivity index (χ4n) is 1.76. The molecule has 0 spiro atoms. The van der Waals surface area contributed by atoms with E-state index in [2.05, 4.69) is 10.1 Å². The van der Waals surface area contributed by atoms with Crippen LogP contribution >= 0.6 is 0 Å². The van der Waals surface area contributed by atoms with E-state index < -0.39 is 0 Å². The molecular weight excluding hydrogens is 272 g/mol. The fourth-order valence-corrected chi connectivity index (χ4v) is 1.76. The van der Waals surface area contributed by atoms with E-state index >= 15 is 0 Å². The Labute approximate surface area is 123 Å². The van der Waals surface area contributed by atoms with Crippen LogP contribution in [0.4, 0.5) is 0 Å². The number of pyridine rings is 1. The van der Waals surface area contributed by atoms with Crippen LogP contribution in [0.25, 0.3) is 0 Å². The summed E-state index contributed by atoms with van der Waals surface area (Å²) in [5.74, 6) is 0.498. The minimum atomic E-state index is -0.184. The summed E-state index contributed by atoms with van der Waals surface area (Å²) in [6, 6.07) is 3.14. The van der Waals surface area contributed by atoms with Gasteiger partial charge in [0, 0.05) is 32.0 Å². The molecule has 114 valence electrons. The Kier molecular flexibility index (Phi) is 5.10. The summed E-state index contributed by atoms with van der Waals surface area (Å²) >= 11 is 0. The number of likely N-dealkylation sites (N-methyl/N-ethyl adjacent to an activating group) is 1. The van der Waals surface area contributed by atoms with Gasteiger partial charge in [-0.15, -0.1) is 0 Å². The molecule has 0 unspecified atom stereocenters. The molecule has 21 heavy (non-hydrogen) atoms. The van der Waals surface area contributed by atoms with Crippen molar-refractivity contribution in [1.82, 2.24) is 9.88 Å². The number of rotatable bonds is 7. The lowest BCUT2D eigenvalue weighted by molar-refractivity contribution is 0.0676. The summed E-state index contributed by atoms with van der Waals surface area (Å²) < 4.78 is 5.51. The second-order valence-electron chi connectivity index (χ2n) is 5.16. The zero-order valence-electron chi connectivity index (χ0n) is 12.0. The highest BCUT2D eigenvalue weighted by molar-refractivity contribution is 5.98. The lowest BCUT2D eigenvalue weighted by atomic mass is 10.2. The molecule has 2 rings (SSSR count). The van der Waals surface area contributed by atoms with Crippen molar-refractivity contribution in [2.75, 3.05) is 26.8 Å². The molecule has 0 bridgehead atoms. The average molecular weight is 292 g/mol. The van der Waals surface area contributed by atoms with Gasteiger partial charge in [-0.2, -0.15) is 0 Å². The Morgan fingerprint density at radius 3 is 2.90 bits per heavy atom. The predicted molar refractivity (Wildman–Crippen MR) is 77.3 cm³/mol. The summed E-state index contributed by atoms with van der Waals surface area (Å²) in [6.07, 6.45) is 3.91. The molecule has 7 heteroatoms. The van der Waals surface area contributed by atoms with Crippen molar-refractivity contribution < 1.29 is 14.7 Å². The van der Waals surface area contributed by atoms with Gasteiger partial charge in [-0.3, -0.25) is 9.78 Å². The molecular formula is C14H20N4O3. The highest BCUT2D eigenvalue weighted by Crippen LogP contribution is 2.28. The van der Waals surface area contributed by atoms with E-state index in [-0.39, 0.29) is 11.7 Å². The molecule has 1 saturated carbocycles. The second kappa shape index (κ2) is 7.03. The molecule has 1 aliphatic carbocycles. The number of ether oxygens (including phenoxy) is 1. The van der Waals surface area contributed by atoms with E-state index in [0.717, 1.165) is 12.5 Å². The number of amidine groups is 1. The first-order valence-corrected chi connectivity index (χ1v) is 6.89. The first kappa shape index (κ1) is 15.2. The third kappa shape index (κ3) is 4.42. The number of aromatic nitrogens is 1. The first-order valence-electron chi connectivity index (χ1n) is 6.89. The highest BCUT2D eigenvalue weighted by atomic mass is 16.5. The molecule has 1 aromatic rings. The maximum Gasteiger partial charge on any atom is 0.272 e. The molecule has 0 saturated heterocycles. The van der Waals surface area contributed by atoms with Crippen LogP contribution in [-0.2, 0) is 4.74 Å². The number of carbonyl (C=O) groups is 1. The number of amides is 1. The largest absolute Gasteiger partial charge is 0.409 e. The number of nitrogens with two attached hydrogens (primary N) is 1. The first-order chi connectivity index (χ1) is 10.1. The Hall–Kier alpha value is -2.15. The van der Waals surface area contributed by atoms with Gasteiger partial charge in [-0.1, -0.05) is 5.16 Å². The highest BCUT2D eigenvalue weighted by Gasteiger charge is 2.21. The molecule has 0 aromatic carbocycles. The van der Waals surface area contributed by atoms with Gasteiger partial charge < -0.3 is 20.6 Å². The van der Waals surface area contributed by atoms with Crippen LogP contribution in [0.3, 0.4) is 0 Å². The molecule has 3 N–H and O–H groups in total. The van der Waals surface area contributed by atoms with Crippen LogP contribution in [0.1, 0.15) is 28.9 Å². The van der Waals surface area contributed by atoms with E-state index in [0.29, 0.717) is 24.4 Å². The smallest absolute Gasteiger partial charge is 0.272 e. The Morgan fingerprint density at radius 2 is 2.33 bits per heavy atom. The van der Waals surface area contributed by atoms with E-state index in [9.17, 15) is 4.79 Å². The number of hydrogen-bond acceptors (Lipinski definition) is 5. The second-order valence-corrected chi connectivity index (χ2v) is 5.16. The van der Waals surface area contributed by atoms with Crippen LogP contribution in [-0.4, -0.2) is 53.6 Å². The molecule has 1 aromatic heterocycles. The van der Waals surface area contributed by atoms with E-state index in [1.807, 2.05) is 0 Å². The van der Waals surface area contributed by atoms with E-state index in [1.54, 1.807) is 24.1 Å². The minimum absolute atomic E-state index is 0.0386. The van der Waals surface area contributed by atoms with Gasteiger partial charge in [0.05, 0.1) is 6.61 Å². The molecule has 7 nitrogen and oxygen atoms in total. The fraction of sp³-hybridized carbons (Fsp3) is 0.500. The van der Waals surface area contributed by atoms with Gasteiger partial charge in [0.15, 0.2) is 5.84 Å². The van der Waals surface area contributed by atoms with Crippen molar-refractivity contribution in [1.29, 1.82) is 0 Å². The predicted octanol–water partition coefficient (Wildman–Crippen LogP) is 0.675. The minimum Gasteiger partial charge on any atom is -0.409 e. The van der Waals surface area contributed by atoms with Crippen LogP contribution in [0, 0.1) is 5.92 Å².